The van der Waals surface area contributed by atoms with Gasteiger partial charge in [-0.3, -0.25) is 0 Å². The summed E-state index contributed by atoms with van der Waals surface area (Å²) in [6, 6.07) is 41.2. The maximum Gasteiger partial charge on any atom is 0.174 e. The van der Waals surface area contributed by atoms with Gasteiger partial charge in [0, 0.05) is 10.6 Å². The summed E-state index contributed by atoms with van der Waals surface area (Å²) in [5.41, 5.74) is 4.24. The van der Waals surface area contributed by atoms with Gasteiger partial charge in [0.05, 0.1) is 5.30 Å². The quantitative estimate of drug-likeness (QED) is 0.105. The second-order valence-corrected chi connectivity index (χ2v) is 12.9. The average molecular weight is 669 g/mol. The largest absolute Gasteiger partial charge is 0.489 e. The van der Waals surface area contributed by atoms with E-state index in [0.717, 1.165) is 32.9 Å². The molecule has 0 spiro atoms. The van der Waals surface area contributed by atoms with Crippen LogP contribution in [0.2, 0.25) is 0 Å². The van der Waals surface area contributed by atoms with Crippen LogP contribution in [0.4, 0.5) is 0 Å². The van der Waals surface area contributed by atoms with Crippen molar-refractivity contribution in [3.05, 3.63) is 160 Å². The van der Waals surface area contributed by atoms with Crippen LogP contribution >= 0.6 is 29.7 Å². The fourth-order valence-corrected chi connectivity index (χ4v) is 7.75. The Labute approximate surface area is 255 Å². The lowest BCUT2D eigenvalue weighted by molar-refractivity contribution is 0.299. The van der Waals surface area contributed by atoms with Crippen LogP contribution in [0, 0.1) is 0 Å². The molecule has 0 aliphatic carbocycles. The molecule has 0 atom stereocenters. The van der Waals surface area contributed by atoms with Crippen LogP contribution in [-0.2, 0) is 17.8 Å². The van der Waals surface area contributed by atoms with Crippen molar-refractivity contribution in [1.29, 1.82) is 0 Å². The van der Waals surface area contributed by atoms with Crippen LogP contribution < -0.4 is 25.4 Å². The molecule has 0 amide bonds. The first-order valence-corrected chi connectivity index (χ1v) is 16.2. The van der Waals surface area contributed by atoms with E-state index in [-0.39, 0.29) is 0 Å². The first-order chi connectivity index (χ1) is 20.1. The van der Waals surface area contributed by atoms with Crippen molar-refractivity contribution in [1.82, 2.24) is 0 Å². The van der Waals surface area contributed by atoms with Crippen molar-refractivity contribution in [2.75, 3.05) is 0 Å². The summed E-state index contributed by atoms with van der Waals surface area (Å²) in [5.74, 6) is 1.20. The molecule has 0 unspecified atom stereocenters. The standard InChI is InChI=1S/C36H30IO3P/c1-2-28-13-17-31(18-14-28)27-40-35-22-21-32(39-26-30-19-15-29(16-20-30)23-24-37)25-36(35)41(38,33-9-5-3-6-10-33)34-11-7-4-8-12-34/h2-25H,1,26-27H2. The summed E-state index contributed by atoms with van der Waals surface area (Å²) in [5, 5.41) is 2.09. The number of benzene rings is 5. The third-order valence-corrected chi connectivity index (χ3v) is 10.2. The fourth-order valence-electron chi connectivity index (χ4n) is 4.53. The fraction of sp³-hybridized carbons (Fsp3) is 0.0556. The van der Waals surface area contributed by atoms with E-state index in [2.05, 4.69) is 59.5 Å². The Morgan fingerprint density at radius 2 is 1.20 bits per heavy atom. The predicted octanol–water partition coefficient (Wildman–Crippen LogP) is 8.53. The van der Waals surface area contributed by atoms with E-state index in [4.69, 9.17) is 9.47 Å². The first-order valence-electron chi connectivity index (χ1n) is 13.3. The molecular formula is C36H30IO3P. The second-order valence-electron chi connectivity index (χ2n) is 9.47. The van der Waals surface area contributed by atoms with Gasteiger partial charge in [-0.15, -0.1) is 0 Å². The topological polar surface area (TPSA) is 35.5 Å². The van der Waals surface area contributed by atoms with E-state index in [1.165, 1.54) is 0 Å². The highest BCUT2D eigenvalue weighted by Gasteiger charge is 2.33. The molecule has 0 aromatic heterocycles. The monoisotopic (exact) mass is 668 g/mol. The Hall–Kier alpha value is -3.86. The molecule has 0 saturated carbocycles. The second kappa shape index (κ2) is 13.7. The molecule has 0 fully saturated rings. The molecule has 5 rings (SSSR count). The minimum atomic E-state index is -3.31. The third kappa shape index (κ3) is 6.90. The van der Waals surface area contributed by atoms with Crippen LogP contribution in [0.15, 0.2) is 138 Å². The van der Waals surface area contributed by atoms with Crippen molar-refractivity contribution in [2.24, 2.45) is 0 Å². The average Bonchev–Trinajstić information content (AvgIpc) is 3.04. The number of rotatable bonds is 11. The van der Waals surface area contributed by atoms with Crippen molar-refractivity contribution in [2.45, 2.75) is 13.2 Å². The van der Waals surface area contributed by atoms with E-state index in [1.807, 2.05) is 113 Å². The number of hydrogen-bond acceptors (Lipinski definition) is 3. The van der Waals surface area contributed by atoms with Gasteiger partial charge in [0.25, 0.3) is 0 Å². The number of ether oxygens (including phenoxy) is 2. The molecule has 0 radical (unpaired) electrons. The minimum Gasteiger partial charge on any atom is -0.489 e. The minimum absolute atomic E-state index is 0.340. The molecule has 0 bridgehead atoms. The van der Waals surface area contributed by atoms with Gasteiger partial charge >= 0.3 is 0 Å². The van der Waals surface area contributed by atoms with Crippen LogP contribution in [0.25, 0.3) is 12.2 Å². The molecule has 5 aromatic carbocycles. The Morgan fingerprint density at radius 3 is 1.73 bits per heavy atom. The van der Waals surface area contributed by atoms with E-state index in [0.29, 0.717) is 30.0 Å². The number of hydrogen-bond donors (Lipinski definition) is 0. The normalized spacial score (nSPS) is 11.3. The highest BCUT2D eigenvalue weighted by atomic mass is 127. The summed E-state index contributed by atoms with van der Waals surface area (Å²) in [7, 11) is -3.31. The lowest BCUT2D eigenvalue weighted by atomic mass is 10.1. The van der Waals surface area contributed by atoms with Crippen LogP contribution in [0.5, 0.6) is 11.5 Å². The lowest BCUT2D eigenvalue weighted by Gasteiger charge is -2.23. The van der Waals surface area contributed by atoms with Gasteiger partial charge < -0.3 is 14.0 Å². The predicted molar refractivity (Wildman–Crippen MR) is 181 cm³/mol. The van der Waals surface area contributed by atoms with Crippen LogP contribution in [-0.4, -0.2) is 0 Å². The zero-order chi connectivity index (χ0) is 28.5. The molecule has 0 heterocycles. The lowest BCUT2D eigenvalue weighted by Crippen LogP contribution is -2.26. The zero-order valence-corrected chi connectivity index (χ0v) is 25.6. The van der Waals surface area contributed by atoms with E-state index in [1.54, 1.807) is 0 Å². The highest BCUT2D eigenvalue weighted by Crippen LogP contribution is 2.46. The molecule has 0 N–H and O–H groups in total. The van der Waals surface area contributed by atoms with Gasteiger partial charge in [0.1, 0.15) is 24.7 Å². The molecule has 0 saturated heterocycles. The first kappa shape index (κ1) is 28.7. The molecule has 0 aliphatic rings. The van der Waals surface area contributed by atoms with Gasteiger partial charge in [0.2, 0.25) is 0 Å². The van der Waals surface area contributed by atoms with E-state index in [9.17, 15) is 0 Å². The maximum atomic E-state index is 15.3. The van der Waals surface area contributed by atoms with Crippen molar-refractivity contribution < 1.29 is 14.0 Å². The molecule has 41 heavy (non-hydrogen) atoms. The third-order valence-electron chi connectivity index (χ3n) is 6.76. The Morgan fingerprint density at radius 1 is 0.659 bits per heavy atom. The zero-order valence-electron chi connectivity index (χ0n) is 22.5. The van der Waals surface area contributed by atoms with Crippen LogP contribution in [0.1, 0.15) is 22.3 Å². The summed E-state index contributed by atoms with van der Waals surface area (Å²) in [6.07, 6.45) is 3.86. The Balaban J connectivity index is 1.53. The summed E-state index contributed by atoms with van der Waals surface area (Å²) in [6.45, 7) is 4.56. The van der Waals surface area contributed by atoms with E-state index < -0.39 is 7.14 Å². The van der Waals surface area contributed by atoms with Crippen LogP contribution in [0.3, 0.4) is 0 Å². The smallest absolute Gasteiger partial charge is 0.174 e. The Bertz CT molecular complexity index is 1620. The molecule has 5 aromatic rings. The number of halogens is 1. The van der Waals surface area contributed by atoms with Gasteiger partial charge in [0.15, 0.2) is 7.14 Å². The SMILES string of the molecule is C=Cc1ccc(COc2ccc(OCc3ccc(C=CI)cc3)cc2P(=O)(c2ccccc2)c2ccccc2)cc1. The summed E-state index contributed by atoms with van der Waals surface area (Å²) in [4.78, 5) is 0. The van der Waals surface area contributed by atoms with Gasteiger partial charge in [-0.1, -0.05) is 144 Å². The molecule has 0 aliphatic heterocycles. The highest BCUT2D eigenvalue weighted by molar-refractivity contribution is 14.1. The van der Waals surface area contributed by atoms with Crippen molar-refractivity contribution >= 4 is 57.8 Å². The molecular weight excluding hydrogens is 638 g/mol. The summed E-state index contributed by atoms with van der Waals surface area (Å²) >= 11 is 2.21. The van der Waals surface area contributed by atoms with Crippen molar-refractivity contribution in [3.63, 3.8) is 0 Å². The van der Waals surface area contributed by atoms with E-state index >= 15 is 4.57 Å². The van der Waals surface area contributed by atoms with Crippen molar-refractivity contribution in [3.8, 4) is 11.5 Å². The molecule has 204 valence electrons. The maximum absolute atomic E-state index is 15.3. The summed E-state index contributed by atoms with van der Waals surface area (Å²) < 4.78 is 29.9. The van der Waals surface area contributed by atoms with Gasteiger partial charge in [-0.2, -0.15) is 0 Å². The molecule has 3 nitrogen and oxygen atoms in total. The van der Waals surface area contributed by atoms with Gasteiger partial charge in [-0.05, 0) is 50.6 Å². The molecule has 5 heteroatoms. The van der Waals surface area contributed by atoms with Gasteiger partial charge in [-0.25, -0.2) is 0 Å². The Kier molecular flexibility index (Phi) is 9.55.